The Balaban J connectivity index is 2.52. The molecule has 1 heterocycles. The predicted molar refractivity (Wildman–Crippen MR) is 90.2 cm³/mol. The van der Waals surface area contributed by atoms with E-state index < -0.39 is 5.54 Å². The molecule has 0 unspecified atom stereocenters. The number of para-hydroxylation sites is 1. The second-order valence-corrected chi connectivity index (χ2v) is 6.97. The van der Waals surface area contributed by atoms with Crippen LogP contribution in [0.1, 0.15) is 40.2 Å². The summed E-state index contributed by atoms with van der Waals surface area (Å²) in [4.78, 5) is 4.76. The summed E-state index contributed by atoms with van der Waals surface area (Å²) in [5.74, 6) is 0.595. The molecule has 5 heteroatoms. The number of nitrogens with two attached hydrogens (primary N) is 1. The van der Waals surface area contributed by atoms with E-state index in [0.29, 0.717) is 11.5 Å². The van der Waals surface area contributed by atoms with Gasteiger partial charge in [0, 0.05) is 16.8 Å². The Morgan fingerprint density at radius 2 is 1.95 bits per heavy atom. The zero-order valence-electron chi connectivity index (χ0n) is 13.8. The van der Waals surface area contributed by atoms with Gasteiger partial charge in [0.2, 0.25) is 0 Å². The summed E-state index contributed by atoms with van der Waals surface area (Å²) in [7, 11) is 0. The van der Waals surface area contributed by atoms with E-state index in [1.54, 1.807) is 0 Å². The van der Waals surface area contributed by atoms with E-state index in [0.717, 1.165) is 11.3 Å². The van der Waals surface area contributed by atoms with Crippen molar-refractivity contribution in [1.82, 2.24) is 5.32 Å². The van der Waals surface area contributed by atoms with Gasteiger partial charge in [0.1, 0.15) is 17.5 Å². The molecule has 0 saturated carbocycles. The molecule has 1 aromatic carbocycles. The van der Waals surface area contributed by atoms with Crippen molar-refractivity contribution in [3.05, 3.63) is 41.2 Å². The van der Waals surface area contributed by atoms with Crippen molar-refractivity contribution in [2.24, 2.45) is 10.7 Å². The summed E-state index contributed by atoms with van der Waals surface area (Å²) in [5.41, 5.74) is 8.03. The molecule has 1 aliphatic heterocycles. The lowest BCUT2D eigenvalue weighted by atomic mass is 9.91. The lowest BCUT2D eigenvalue weighted by Crippen LogP contribution is -2.43. The molecule has 0 aliphatic carbocycles. The highest BCUT2D eigenvalue weighted by Gasteiger charge is 2.30. The first-order valence-corrected chi connectivity index (χ1v) is 7.29. The molecule has 22 heavy (non-hydrogen) atoms. The third-order valence-corrected chi connectivity index (χ3v) is 3.36. The molecule has 0 atom stereocenters. The van der Waals surface area contributed by atoms with Gasteiger partial charge >= 0.3 is 0 Å². The van der Waals surface area contributed by atoms with Gasteiger partial charge in [-0.25, -0.2) is 0 Å². The fourth-order valence-corrected chi connectivity index (χ4v) is 2.42. The van der Waals surface area contributed by atoms with Gasteiger partial charge in [0.05, 0.1) is 5.54 Å². The quantitative estimate of drug-likeness (QED) is 0.733. The van der Waals surface area contributed by atoms with E-state index in [1.807, 2.05) is 58.9 Å². The fourth-order valence-electron chi connectivity index (χ4n) is 2.42. The first kappa shape index (κ1) is 15.9. The summed E-state index contributed by atoms with van der Waals surface area (Å²) >= 11 is 0. The number of allylic oxidation sites excluding steroid dienone is 1. The number of hydrogen-bond donors (Lipinski definition) is 3. The summed E-state index contributed by atoms with van der Waals surface area (Å²) in [6.07, 6.45) is 0. The van der Waals surface area contributed by atoms with Crippen molar-refractivity contribution in [3.8, 4) is 6.07 Å². The topological polar surface area (TPSA) is 86.2 Å². The first-order chi connectivity index (χ1) is 10.1. The number of benzene rings is 1. The van der Waals surface area contributed by atoms with Crippen LogP contribution in [-0.2, 0) is 5.54 Å². The van der Waals surface area contributed by atoms with Gasteiger partial charge in [0.25, 0.3) is 0 Å². The van der Waals surface area contributed by atoms with Crippen LogP contribution < -0.4 is 16.4 Å². The van der Waals surface area contributed by atoms with E-state index in [2.05, 4.69) is 16.7 Å². The summed E-state index contributed by atoms with van der Waals surface area (Å²) < 4.78 is 0. The van der Waals surface area contributed by atoms with Gasteiger partial charge < -0.3 is 16.4 Å². The van der Waals surface area contributed by atoms with E-state index >= 15 is 0 Å². The monoisotopic (exact) mass is 297 g/mol. The van der Waals surface area contributed by atoms with Crippen LogP contribution in [0.15, 0.2) is 40.7 Å². The minimum atomic E-state index is -0.391. The maximum Gasteiger partial charge on any atom is 0.153 e. The highest BCUT2D eigenvalue weighted by molar-refractivity contribution is 6.10. The Hall–Kier alpha value is -2.48. The molecule has 0 saturated heterocycles. The Morgan fingerprint density at radius 3 is 2.55 bits per heavy atom. The number of fused-ring (bicyclic) bond motifs is 1. The smallest absolute Gasteiger partial charge is 0.153 e. The van der Waals surface area contributed by atoms with E-state index in [9.17, 15) is 5.26 Å². The van der Waals surface area contributed by atoms with Gasteiger partial charge in [-0.1, -0.05) is 18.2 Å². The van der Waals surface area contributed by atoms with Crippen LogP contribution in [0, 0.1) is 11.3 Å². The molecular formula is C17H23N5. The minimum Gasteiger partial charge on any atom is -0.388 e. The van der Waals surface area contributed by atoms with Crippen LogP contribution in [0.4, 0.5) is 5.69 Å². The largest absolute Gasteiger partial charge is 0.388 e. The van der Waals surface area contributed by atoms with Crippen LogP contribution in [0.5, 0.6) is 0 Å². The fraction of sp³-hybridized carbons (Fsp3) is 0.412. The molecule has 5 nitrogen and oxygen atoms in total. The molecule has 4 N–H and O–H groups in total. The predicted octanol–water partition coefficient (Wildman–Crippen LogP) is 2.83. The molecular weight excluding hydrogens is 274 g/mol. The van der Waals surface area contributed by atoms with Gasteiger partial charge in [-0.3, -0.25) is 4.99 Å². The van der Waals surface area contributed by atoms with Crippen molar-refractivity contribution in [2.45, 2.75) is 45.7 Å². The first-order valence-electron chi connectivity index (χ1n) is 7.29. The lowest BCUT2D eigenvalue weighted by molar-refractivity contribution is 0.478. The standard InChI is InChI=1S/C17H23N5/c1-16(2,3)21-14(12(19)10-18)15-20-13-9-7-6-8-11(13)17(4,5)22-15/h6-9,21H,19H2,1-5H3,(H,20,22). The SMILES string of the molecule is CC(C)(C)NC(C1=NC(C)(C)c2ccccc2N1)=C(N)C#N. The Labute approximate surface area is 131 Å². The van der Waals surface area contributed by atoms with E-state index in [4.69, 9.17) is 10.7 Å². The number of nitrogens with zero attached hydrogens (tertiary/aromatic N) is 2. The highest BCUT2D eigenvalue weighted by atomic mass is 15.1. The summed E-state index contributed by atoms with van der Waals surface area (Å²) in [6.45, 7) is 10.1. The number of amidine groups is 1. The number of anilines is 1. The Kier molecular flexibility index (Phi) is 3.89. The number of aliphatic imine (C=N–C) groups is 1. The molecule has 0 aromatic heterocycles. The zero-order valence-corrected chi connectivity index (χ0v) is 13.8. The van der Waals surface area contributed by atoms with E-state index in [-0.39, 0.29) is 11.2 Å². The van der Waals surface area contributed by atoms with Crippen molar-refractivity contribution in [2.75, 3.05) is 5.32 Å². The van der Waals surface area contributed by atoms with Crippen LogP contribution in [0.2, 0.25) is 0 Å². The number of nitrogens with one attached hydrogen (secondary N) is 2. The van der Waals surface area contributed by atoms with Crippen LogP contribution in [0.25, 0.3) is 0 Å². The lowest BCUT2D eigenvalue weighted by Gasteiger charge is -2.33. The van der Waals surface area contributed by atoms with Crippen molar-refractivity contribution in [3.63, 3.8) is 0 Å². The average molecular weight is 297 g/mol. The maximum absolute atomic E-state index is 9.20. The Bertz CT molecular complexity index is 684. The molecule has 0 fully saturated rings. The molecule has 0 spiro atoms. The maximum atomic E-state index is 9.20. The van der Waals surface area contributed by atoms with Gasteiger partial charge in [-0.05, 0) is 40.7 Å². The molecule has 2 rings (SSSR count). The van der Waals surface area contributed by atoms with Crippen LogP contribution >= 0.6 is 0 Å². The third kappa shape index (κ3) is 3.22. The second-order valence-electron chi connectivity index (χ2n) is 6.97. The normalized spacial score (nSPS) is 17.4. The van der Waals surface area contributed by atoms with Gasteiger partial charge in [0.15, 0.2) is 5.84 Å². The van der Waals surface area contributed by atoms with Crippen molar-refractivity contribution in [1.29, 1.82) is 5.26 Å². The molecule has 1 aromatic rings. The zero-order chi connectivity index (χ0) is 16.5. The van der Waals surface area contributed by atoms with Crippen LogP contribution in [0.3, 0.4) is 0 Å². The van der Waals surface area contributed by atoms with Crippen molar-refractivity contribution < 1.29 is 0 Å². The van der Waals surface area contributed by atoms with E-state index in [1.165, 1.54) is 0 Å². The second kappa shape index (κ2) is 5.38. The number of nitriles is 1. The van der Waals surface area contributed by atoms with Gasteiger partial charge in [-0.15, -0.1) is 0 Å². The Morgan fingerprint density at radius 1 is 1.32 bits per heavy atom. The summed E-state index contributed by atoms with van der Waals surface area (Å²) in [5, 5.41) is 15.8. The molecule has 116 valence electrons. The molecule has 0 radical (unpaired) electrons. The number of rotatable bonds is 2. The van der Waals surface area contributed by atoms with Crippen molar-refractivity contribution >= 4 is 11.5 Å². The average Bonchev–Trinajstić information content (AvgIpc) is 2.42. The summed E-state index contributed by atoms with van der Waals surface area (Å²) in [6, 6.07) is 10.0. The molecule has 0 bridgehead atoms. The molecule has 0 amide bonds. The minimum absolute atomic E-state index is 0.122. The number of hydrogen-bond acceptors (Lipinski definition) is 5. The molecule has 1 aliphatic rings. The highest BCUT2D eigenvalue weighted by Crippen LogP contribution is 2.35. The third-order valence-electron chi connectivity index (χ3n) is 3.36. The van der Waals surface area contributed by atoms with Gasteiger partial charge in [-0.2, -0.15) is 5.26 Å². The van der Waals surface area contributed by atoms with Crippen LogP contribution in [-0.4, -0.2) is 11.4 Å².